The number of likely N-dealkylation sites (tertiary alicyclic amines) is 1. The van der Waals surface area contributed by atoms with Gasteiger partial charge in [-0.05, 0) is 56.0 Å². The first-order chi connectivity index (χ1) is 11.8. The fraction of sp³-hybridized carbons (Fsp3) is 0.389. The summed E-state index contributed by atoms with van der Waals surface area (Å²) in [5, 5.41) is 4.46. The molecular weight excluding hydrogens is 305 g/mol. The zero-order valence-electron chi connectivity index (χ0n) is 13.5. The summed E-state index contributed by atoms with van der Waals surface area (Å²) >= 11 is 0. The highest BCUT2D eigenvalue weighted by Gasteiger charge is 2.21. The molecule has 0 bridgehead atoms. The molecule has 0 unspecified atom stereocenters. The smallest absolute Gasteiger partial charge is 0.252 e. The van der Waals surface area contributed by atoms with E-state index in [2.05, 4.69) is 20.0 Å². The van der Waals surface area contributed by atoms with Gasteiger partial charge in [-0.1, -0.05) is 18.2 Å². The Kier molecular flexibility index (Phi) is 4.21. The summed E-state index contributed by atoms with van der Waals surface area (Å²) < 4.78 is 15.5. The highest BCUT2D eigenvalue weighted by Crippen LogP contribution is 2.23. The molecule has 5 nitrogen and oxygen atoms in total. The Bertz CT molecular complexity index is 790. The van der Waals surface area contributed by atoms with Gasteiger partial charge in [0, 0.05) is 12.4 Å². The first-order valence-corrected chi connectivity index (χ1v) is 8.40. The van der Waals surface area contributed by atoms with E-state index in [1.807, 2.05) is 24.4 Å². The largest absolute Gasteiger partial charge is 0.296 e. The molecule has 24 heavy (non-hydrogen) atoms. The van der Waals surface area contributed by atoms with E-state index in [1.165, 1.54) is 0 Å². The van der Waals surface area contributed by atoms with Crippen LogP contribution in [0.4, 0.5) is 4.39 Å². The lowest BCUT2D eigenvalue weighted by atomic mass is 9.90. The van der Waals surface area contributed by atoms with Gasteiger partial charge in [0.25, 0.3) is 5.78 Å². The standard InChI is InChI=1S/C18H20FN5/c19-16-5-2-1-4-15(16)12-14-6-10-23(11-7-14)13-17-21-18-20-8-3-9-24(18)22-17/h1-5,8-9,14H,6-7,10-13H2. The molecule has 1 fully saturated rings. The molecule has 0 atom stereocenters. The number of hydrogen-bond acceptors (Lipinski definition) is 4. The molecule has 1 aliphatic heterocycles. The number of fused-ring (bicyclic) bond motifs is 1. The van der Waals surface area contributed by atoms with E-state index >= 15 is 0 Å². The highest BCUT2D eigenvalue weighted by molar-refractivity contribution is 5.24. The molecule has 3 aromatic rings. The quantitative estimate of drug-likeness (QED) is 0.740. The maximum absolute atomic E-state index is 13.8. The van der Waals surface area contributed by atoms with Crippen LogP contribution < -0.4 is 0 Å². The Hall–Kier alpha value is -2.34. The first-order valence-electron chi connectivity index (χ1n) is 8.40. The molecule has 0 saturated carbocycles. The van der Waals surface area contributed by atoms with E-state index in [4.69, 9.17) is 0 Å². The van der Waals surface area contributed by atoms with E-state index in [9.17, 15) is 4.39 Å². The lowest BCUT2D eigenvalue weighted by molar-refractivity contribution is 0.173. The number of benzene rings is 1. The van der Waals surface area contributed by atoms with Crippen molar-refractivity contribution in [3.63, 3.8) is 0 Å². The van der Waals surface area contributed by atoms with Crippen molar-refractivity contribution >= 4 is 5.78 Å². The number of piperidine rings is 1. The van der Waals surface area contributed by atoms with Gasteiger partial charge >= 0.3 is 0 Å². The van der Waals surface area contributed by atoms with Crippen LogP contribution in [0.15, 0.2) is 42.7 Å². The Balaban J connectivity index is 1.33. The maximum atomic E-state index is 13.8. The number of hydrogen-bond donors (Lipinski definition) is 0. The Labute approximate surface area is 140 Å². The number of halogens is 1. The van der Waals surface area contributed by atoms with Crippen molar-refractivity contribution in [1.29, 1.82) is 0 Å². The molecule has 3 heterocycles. The second-order valence-corrected chi connectivity index (χ2v) is 6.41. The van der Waals surface area contributed by atoms with Gasteiger partial charge < -0.3 is 0 Å². The van der Waals surface area contributed by atoms with Crippen molar-refractivity contribution in [2.75, 3.05) is 13.1 Å². The minimum absolute atomic E-state index is 0.0821. The fourth-order valence-electron chi connectivity index (χ4n) is 3.37. The minimum atomic E-state index is -0.0821. The summed E-state index contributed by atoms with van der Waals surface area (Å²) in [5.74, 6) is 1.92. The third-order valence-electron chi connectivity index (χ3n) is 4.70. The van der Waals surface area contributed by atoms with Crippen molar-refractivity contribution in [3.8, 4) is 0 Å². The van der Waals surface area contributed by atoms with Gasteiger partial charge in [0.15, 0.2) is 5.82 Å². The second-order valence-electron chi connectivity index (χ2n) is 6.41. The number of aromatic nitrogens is 4. The average molecular weight is 325 g/mol. The number of nitrogens with zero attached hydrogens (tertiary/aromatic N) is 5. The monoisotopic (exact) mass is 325 g/mol. The van der Waals surface area contributed by atoms with Crippen molar-refractivity contribution in [2.45, 2.75) is 25.8 Å². The molecule has 6 heteroatoms. The van der Waals surface area contributed by atoms with Gasteiger partial charge in [-0.2, -0.15) is 4.98 Å². The normalized spacial score (nSPS) is 16.7. The van der Waals surface area contributed by atoms with Gasteiger partial charge in [-0.15, -0.1) is 5.10 Å². The summed E-state index contributed by atoms with van der Waals surface area (Å²) in [6, 6.07) is 8.96. The first kappa shape index (κ1) is 15.2. The third-order valence-corrected chi connectivity index (χ3v) is 4.70. The van der Waals surface area contributed by atoms with Crippen molar-refractivity contribution < 1.29 is 4.39 Å². The zero-order valence-corrected chi connectivity index (χ0v) is 13.5. The Morgan fingerprint density at radius 1 is 1.12 bits per heavy atom. The Morgan fingerprint density at radius 3 is 2.75 bits per heavy atom. The van der Waals surface area contributed by atoms with Crippen molar-refractivity contribution in [3.05, 3.63) is 59.9 Å². The van der Waals surface area contributed by atoms with Crippen LogP contribution in [0.3, 0.4) is 0 Å². The summed E-state index contributed by atoms with van der Waals surface area (Å²) in [6.45, 7) is 2.75. The summed E-state index contributed by atoms with van der Waals surface area (Å²) in [7, 11) is 0. The van der Waals surface area contributed by atoms with E-state index in [0.717, 1.165) is 50.3 Å². The average Bonchev–Trinajstić information content (AvgIpc) is 3.01. The molecule has 0 aliphatic carbocycles. The molecule has 1 aliphatic rings. The van der Waals surface area contributed by atoms with Gasteiger partial charge in [-0.25, -0.2) is 13.9 Å². The molecule has 1 saturated heterocycles. The van der Waals surface area contributed by atoms with Crippen LogP contribution >= 0.6 is 0 Å². The topological polar surface area (TPSA) is 46.3 Å². The van der Waals surface area contributed by atoms with Crippen LogP contribution in [0.25, 0.3) is 5.78 Å². The lowest BCUT2D eigenvalue weighted by Crippen LogP contribution is -2.34. The Morgan fingerprint density at radius 2 is 1.96 bits per heavy atom. The molecule has 124 valence electrons. The molecule has 1 aromatic carbocycles. The molecule has 0 spiro atoms. The van der Waals surface area contributed by atoms with Crippen molar-refractivity contribution in [2.24, 2.45) is 5.92 Å². The van der Waals surface area contributed by atoms with E-state index in [1.54, 1.807) is 22.8 Å². The summed E-state index contributed by atoms with van der Waals surface area (Å²) in [6.07, 6.45) is 6.58. The van der Waals surface area contributed by atoms with Gasteiger partial charge in [0.2, 0.25) is 0 Å². The van der Waals surface area contributed by atoms with E-state index in [-0.39, 0.29) is 5.82 Å². The van der Waals surface area contributed by atoms with Crippen LogP contribution in [-0.4, -0.2) is 37.6 Å². The van der Waals surface area contributed by atoms with Crippen LogP contribution in [0.5, 0.6) is 0 Å². The summed E-state index contributed by atoms with van der Waals surface area (Å²) in [4.78, 5) is 11.0. The minimum Gasteiger partial charge on any atom is -0.296 e. The fourth-order valence-corrected chi connectivity index (χ4v) is 3.37. The zero-order chi connectivity index (χ0) is 16.4. The van der Waals surface area contributed by atoms with Crippen LogP contribution in [-0.2, 0) is 13.0 Å². The number of rotatable bonds is 4. The lowest BCUT2D eigenvalue weighted by Gasteiger charge is -2.31. The van der Waals surface area contributed by atoms with E-state index in [0.29, 0.717) is 11.7 Å². The molecular formula is C18H20FN5. The molecule has 4 rings (SSSR count). The molecule has 0 N–H and O–H groups in total. The third kappa shape index (κ3) is 3.28. The van der Waals surface area contributed by atoms with Crippen LogP contribution in [0.2, 0.25) is 0 Å². The molecule has 0 amide bonds. The predicted molar refractivity (Wildman–Crippen MR) is 88.9 cm³/mol. The van der Waals surface area contributed by atoms with Crippen LogP contribution in [0.1, 0.15) is 24.2 Å². The molecule has 2 aromatic heterocycles. The van der Waals surface area contributed by atoms with Gasteiger partial charge in [0.05, 0.1) is 6.54 Å². The molecule has 0 radical (unpaired) electrons. The summed E-state index contributed by atoms with van der Waals surface area (Å²) in [5.41, 5.74) is 0.837. The van der Waals surface area contributed by atoms with Crippen molar-refractivity contribution in [1.82, 2.24) is 24.5 Å². The van der Waals surface area contributed by atoms with Gasteiger partial charge in [-0.3, -0.25) is 4.90 Å². The van der Waals surface area contributed by atoms with Gasteiger partial charge in [0.1, 0.15) is 5.82 Å². The van der Waals surface area contributed by atoms with E-state index < -0.39 is 0 Å². The predicted octanol–water partition coefficient (Wildman–Crippen LogP) is 2.72. The second kappa shape index (κ2) is 6.65. The maximum Gasteiger partial charge on any atom is 0.252 e. The van der Waals surface area contributed by atoms with Crippen LogP contribution in [0, 0.1) is 11.7 Å². The SMILES string of the molecule is Fc1ccccc1CC1CCN(Cc2nc3ncccn3n2)CC1. The highest BCUT2D eigenvalue weighted by atomic mass is 19.1.